The number of hydrogen-bond acceptors (Lipinski definition) is 3. The lowest BCUT2D eigenvalue weighted by Crippen LogP contribution is -2.39. The second-order valence-electron chi connectivity index (χ2n) is 5.14. The molecule has 1 heterocycles. The van der Waals surface area contributed by atoms with Gasteiger partial charge in [0.25, 0.3) is 0 Å². The molecule has 0 aliphatic carbocycles. The van der Waals surface area contributed by atoms with Gasteiger partial charge in [-0.15, -0.1) is 0 Å². The number of nitrogens with two attached hydrogens (primary N) is 1. The van der Waals surface area contributed by atoms with E-state index in [1.165, 1.54) is 6.07 Å². The first-order valence-electron chi connectivity index (χ1n) is 6.09. The number of carbonyl (C=O) groups excluding carboxylic acids is 1. The first-order valence-corrected chi connectivity index (χ1v) is 6.88. The van der Waals surface area contributed by atoms with Gasteiger partial charge in [0.1, 0.15) is 5.82 Å². The van der Waals surface area contributed by atoms with Crippen LogP contribution in [0.4, 0.5) is 15.8 Å². The van der Waals surface area contributed by atoms with Crippen molar-refractivity contribution in [2.75, 3.05) is 30.8 Å². The van der Waals surface area contributed by atoms with Crippen LogP contribution in [0.3, 0.4) is 0 Å². The van der Waals surface area contributed by atoms with E-state index in [2.05, 4.69) is 21.2 Å². The molecule has 1 fully saturated rings. The molecule has 0 bridgehead atoms. The van der Waals surface area contributed by atoms with Gasteiger partial charge in [-0.1, -0.05) is 0 Å². The van der Waals surface area contributed by atoms with Gasteiger partial charge in [0.05, 0.1) is 21.3 Å². The molecule has 0 saturated carbocycles. The van der Waals surface area contributed by atoms with Crippen LogP contribution in [0.5, 0.6) is 0 Å². The zero-order valence-corrected chi connectivity index (χ0v) is 12.6. The Kier molecular flexibility index (Phi) is 3.71. The minimum absolute atomic E-state index is 0.0229. The maximum absolute atomic E-state index is 13.4. The lowest BCUT2D eigenvalue weighted by molar-refractivity contribution is -0.128. The fraction of sp³-hybridized carbons (Fsp3) is 0.462. The smallest absolute Gasteiger partial charge is 0.227 e. The van der Waals surface area contributed by atoms with Crippen molar-refractivity contribution in [3.63, 3.8) is 0 Å². The molecule has 2 rings (SSSR count). The van der Waals surface area contributed by atoms with Crippen LogP contribution in [0.2, 0.25) is 0 Å². The number of nitrogens with one attached hydrogen (secondary N) is 1. The standard InChI is InChI=1S/C13H17BrFN3O/c1-13(12(19)17-2)3-4-18(7-13)11-5-8(14)9(15)6-10(11)16/h5-6H,3-4,7,16H2,1-2H3,(H,17,19). The number of nitrogens with zero attached hydrogens (tertiary/aromatic N) is 1. The summed E-state index contributed by atoms with van der Waals surface area (Å²) in [5.74, 6) is -0.357. The fourth-order valence-electron chi connectivity index (χ4n) is 2.48. The molecule has 104 valence electrons. The second kappa shape index (κ2) is 5.00. The number of rotatable bonds is 2. The summed E-state index contributed by atoms with van der Waals surface area (Å²) in [5.41, 5.74) is 6.59. The maximum atomic E-state index is 13.4. The van der Waals surface area contributed by atoms with Crippen LogP contribution in [-0.4, -0.2) is 26.0 Å². The lowest BCUT2D eigenvalue weighted by atomic mass is 9.89. The second-order valence-corrected chi connectivity index (χ2v) is 5.99. The van der Waals surface area contributed by atoms with Crippen molar-refractivity contribution in [2.24, 2.45) is 5.41 Å². The van der Waals surface area contributed by atoms with Crippen LogP contribution in [0.25, 0.3) is 0 Å². The van der Waals surface area contributed by atoms with Crippen molar-refractivity contribution in [1.82, 2.24) is 5.32 Å². The Morgan fingerprint density at radius 2 is 2.26 bits per heavy atom. The summed E-state index contributed by atoms with van der Waals surface area (Å²) in [6.07, 6.45) is 0.751. The summed E-state index contributed by atoms with van der Waals surface area (Å²) in [6.45, 7) is 3.24. The van der Waals surface area contributed by atoms with E-state index in [1.54, 1.807) is 13.1 Å². The number of amides is 1. The lowest BCUT2D eigenvalue weighted by Gasteiger charge is -2.25. The van der Waals surface area contributed by atoms with Gasteiger partial charge in [0.2, 0.25) is 5.91 Å². The molecule has 1 unspecified atom stereocenters. The van der Waals surface area contributed by atoms with Gasteiger partial charge in [-0.3, -0.25) is 4.79 Å². The average Bonchev–Trinajstić information content (AvgIpc) is 2.76. The molecule has 1 aliphatic rings. The molecule has 1 aromatic carbocycles. The van der Waals surface area contributed by atoms with Crippen molar-refractivity contribution in [3.05, 3.63) is 22.4 Å². The van der Waals surface area contributed by atoms with E-state index in [0.717, 1.165) is 18.7 Å². The molecular weight excluding hydrogens is 313 g/mol. The fourth-order valence-corrected chi connectivity index (χ4v) is 2.81. The van der Waals surface area contributed by atoms with Crippen LogP contribution in [0.1, 0.15) is 13.3 Å². The summed E-state index contributed by atoms with van der Waals surface area (Å²) >= 11 is 3.16. The van der Waals surface area contributed by atoms with E-state index in [-0.39, 0.29) is 11.7 Å². The first-order chi connectivity index (χ1) is 8.87. The van der Waals surface area contributed by atoms with Crippen LogP contribution in [0, 0.1) is 11.2 Å². The number of anilines is 2. The minimum Gasteiger partial charge on any atom is -0.397 e. The highest BCUT2D eigenvalue weighted by molar-refractivity contribution is 9.10. The highest BCUT2D eigenvalue weighted by Gasteiger charge is 2.40. The number of benzene rings is 1. The zero-order chi connectivity index (χ0) is 14.2. The maximum Gasteiger partial charge on any atom is 0.227 e. The van der Waals surface area contributed by atoms with Crippen molar-refractivity contribution in [1.29, 1.82) is 0 Å². The first kappa shape index (κ1) is 14.1. The predicted molar refractivity (Wildman–Crippen MR) is 77.5 cm³/mol. The largest absolute Gasteiger partial charge is 0.397 e. The van der Waals surface area contributed by atoms with Gasteiger partial charge in [0, 0.05) is 26.2 Å². The predicted octanol–water partition coefficient (Wildman–Crippen LogP) is 2.13. The normalized spacial score (nSPS) is 22.6. The highest BCUT2D eigenvalue weighted by atomic mass is 79.9. The third-order valence-electron chi connectivity index (χ3n) is 3.66. The van der Waals surface area contributed by atoms with Crippen LogP contribution in [-0.2, 0) is 4.79 Å². The Morgan fingerprint density at radius 3 is 2.89 bits per heavy atom. The molecule has 4 nitrogen and oxygen atoms in total. The zero-order valence-electron chi connectivity index (χ0n) is 11.0. The Labute approximate surface area is 120 Å². The van der Waals surface area contributed by atoms with Gasteiger partial charge in [-0.25, -0.2) is 4.39 Å². The summed E-state index contributed by atoms with van der Waals surface area (Å²) in [6, 6.07) is 2.97. The molecule has 1 amide bonds. The van der Waals surface area contributed by atoms with Crippen molar-refractivity contribution < 1.29 is 9.18 Å². The molecule has 1 aliphatic heterocycles. The summed E-state index contributed by atoms with van der Waals surface area (Å²) in [5, 5.41) is 2.69. The van der Waals surface area contributed by atoms with Gasteiger partial charge in [-0.2, -0.15) is 0 Å². The molecule has 3 N–H and O–H groups in total. The van der Waals surface area contributed by atoms with E-state index >= 15 is 0 Å². The van der Waals surface area contributed by atoms with E-state index in [4.69, 9.17) is 5.73 Å². The minimum atomic E-state index is -0.429. The number of hydrogen-bond donors (Lipinski definition) is 2. The molecule has 0 spiro atoms. The highest BCUT2D eigenvalue weighted by Crippen LogP contribution is 2.37. The van der Waals surface area contributed by atoms with E-state index in [0.29, 0.717) is 16.7 Å². The Bertz CT molecular complexity index is 523. The van der Waals surface area contributed by atoms with Crippen LogP contribution >= 0.6 is 15.9 Å². The summed E-state index contributed by atoms with van der Waals surface area (Å²) in [7, 11) is 1.64. The number of halogens is 2. The Hall–Kier alpha value is -1.30. The third-order valence-corrected chi connectivity index (χ3v) is 4.27. The summed E-state index contributed by atoms with van der Waals surface area (Å²) < 4.78 is 13.8. The quantitative estimate of drug-likeness (QED) is 0.817. The van der Waals surface area contributed by atoms with Crippen LogP contribution < -0.4 is 16.0 Å². The number of carbonyl (C=O) groups is 1. The SMILES string of the molecule is CNC(=O)C1(C)CCN(c2cc(Br)c(F)cc2N)C1. The van der Waals surface area contributed by atoms with E-state index in [9.17, 15) is 9.18 Å². The van der Waals surface area contributed by atoms with Gasteiger partial charge in [0.15, 0.2) is 0 Å². The van der Waals surface area contributed by atoms with Crippen molar-refractivity contribution in [2.45, 2.75) is 13.3 Å². The Morgan fingerprint density at radius 1 is 1.58 bits per heavy atom. The summed E-state index contributed by atoms with van der Waals surface area (Å²) in [4.78, 5) is 13.9. The molecule has 1 aromatic rings. The molecular formula is C13H17BrFN3O. The molecule has 0 aromatic heterocycles. The average molecular weight is 330 g/mol. The monoisotopic (exact) mass is 329 g/mol. The van der Waals surface area contributed by atoms with Gasteiger partial charge >= 0.3 is 0 Å². The Balaban J connectivity index is 2.26. The van der Waals surface area contributed by atoms with E-state index < -0.39 is 5.41 Å². The molecule has 1 saturated heterocycles. The molecule has 0 radical (unpaired) electrons. The van der Waals surface area contributed by atoms with Crippen molar-refractivity contribution >= 4 is 33.2 Å². The van der Waals surface area contributed by atoms with Gasteiger partial charge in [-0.05, 0) is 35.3 Å². The molecule has 6 heteroatoms. The molecule has 19 heavy (non-hydrogen) atoms. The molecule has 1 atom stereocenters. The van der Waals surface area contributed by atoms with Crippen LogP contribution in [0.15, 0.2) is 16.6 Å². The topological polar surface area (TPSA) is 58.4 Å². The van der Waals surface area contributed by atoms with Gasteiger partial charge < -0.3 is 16.0 Å². The van der Waals surface area contributed by atoms with Crippen molar-refractivity contribution in [3.8, 4) is 0 Å². The number of nitrogen functional groups attached to an aromatic ring is 1. The van der Waals surface area contributed by atoms with E-state index in [1.807, 2.05) is 11.8 Å². The third kappa shape index (κ3) is 2.54.